The van der Waals surface area contributed by atoms with Gasteiger partial charge in [-0.15, -0.1) is 11.3 Å². The zero-order valence-corrected chi connectivity index (χ0v) is 20.2. The molecule has 168 valence electrons. The van der Waals surface area contributed by atoms with Crippen molar-refractivity contribution in [2.45, 2.75) is 30.8 Å². The van der Waals surface area contributed by atoms with Crippen molar-refractivity contribution in [1.82, 2.24) is 19.9 Å². The van der Waals surface area contributed by atoms with Crippen molar-refractivity contribution in [2.75, 3.05) is 26.0 Å². The number of amides is 1. The van der Waals surface area contributed by atoms with E-state index in [4.69, 9.17) is 21.3 Å². The summed E-state index contributed by atoms with van der Waals surface area (Å²) in [7, 11) is -1.28. The van der Waals surface area contributed by atoms with Crippen LogP contribution in [0.2, 0.25) is 5.02 Å². The highest BCUT2D eigenvalue weighted by Crippen LogP contribution is 2.41. The standard InChI is InChI=1S/C22H23ClN4O3S2/c1-3-30-22(28)27-11-8-14(9-12-27)20-26-18(15-5-4-6-16(23)13-15)19(31-20)17-7-10-24-21(25-17)32(2)29/h4-7,10,13-14H,3,8-9,11-12H2,1-2H3. The summed E-state index contributed by atoms with van der Waals surface area (Å²) in [5, 5.41) is 1.91. The van der Waals surface area contributed by atoms with Gasteiger partial charge < -0.3 is 9.64 Å². The number of hydrogen-bond acceptors (Lipinski definition) is 7. The van der Waals surface area contributed by atoms with Crippen LogP contribution in [-0.4, -0.2) is 56.1 Å². The van der Waals surface area contributed by atoms with Crippen LogP contribution in [0.15, 0.2) is 41.7 Å². The second-order valence-electron chi connectivity index (χ2n) is 7.38. The van der Waals surface area contributed by atoms with E-state index in [1.165, 1.54) is 0 Å². The highest BCUT2D eigenvalue weighted by atomic mass is 35.5. The molecule has 32 heavy (non-hydrogen) atoms. The van der Waals surface area contributed by atoms with E-state index in [1.807, 2.05) is 37.3 Å². The number of benzene rings is 1. The normalized spacial score (nSPS) is 15.5. The molecule has 0 aliphatic carbocycles. The maximum Gasteiger partial charge on any atom is 0.409 e. The van der Waals surface area contributed by atoms with Crippen LogP contribution in [0.4, 0.5) is 4.79 Å². The van der Waals surface area contributed by atoms with Gasteiger partial charge in [-0.1, -0.05) is 23.7 Å². The van der Waals surface area contributed by atoms with Crippen LogP contribution >= 0.6 is 22.9 Å². The predicted molar refractivity (Wildman–Crippen MR) is 126 cm³/mol. The van der Waals surface area contributed by atoms with Crippen molar-refractivity contribution in [3.63, 3.8) is 0 Å². The van der Waals surface area contributed by atoms with Crippen molar-refractivity contribution in [2.24, 2.45) is 0 Å². The Hall–Kier alpha value is -2.36. The summed E-state index contributed by atoms with van der Waals surface area (Å²) in [4.78, 5) is 28.3. The third-order valence-electron chi connectivity index (χ3n) is 5.24. The number of carbonyl (C=O) groups excluding carboxylic acids is 1. The molecular formula is C22H23ClN4O3S2. The zero-order valence-electron chi connectivity index (χ0n) is 17.8. The molecule has 1 atom stereocenters. The van der Waals surface area contributed by atoms with Crippen LogP contribution < -0.4 is 0 Å². The number of aromatic nitrogens is 3. The summed E-state index contributed by atoms with van der Waals surface area (Å²) in [5.74, 6) is 0.235. The Kier molecular flexibility index (Phi) is 7.17. The molecule has 1 fully saturated rings. The van der Waals surface area contributed by atoms with E-state index in [0.717, 1.165) is 34.0 Å². The van der Waals surface area contributed by atoms with Gasteiger partial charge in [-0.3, -0.25) is 4.21 Å². The Bertz CT molecular complexity index is 1150. The Morgan fingerprint density at radius 3 is 2.75 bits per heavy atom. The molecule has 0 N–H and O–H groups in total. The smallest absolute Gasteiger partial charge is 0.409 e. The topological polar surface area (TPSA) is 85.3 Å². The third kappa shape index (κ3) is 5.00. The van der Waals surface area contributed by atoms with Crippen LogP contribution in [0.5, 0.6) is 0 Å². The minimum absolute atomic E-state index is 0.235. The lowest BCUT2D eigenvalue weighted by Crippen LogP contribution is -2.38. The van der Waals surface area contributed by atoms with Gasteiger partial charge in [0, 0.05) is 42.0 Å². The molecule has 7 nitrogen and oxygen atoms in total. The summed E-state index contributed by atoms with van der Waals surface area (Å²) in [6, 6.07) is 9.38. The van der Waals surface area contributed by atoms with E-state index < -0.39 is 10.8 Å². The Morgan fingerprint density at radius 1 is 1.28 bits per heavy atom. The van der Waals surface area contributed by atoms with E-state index >= 15 is 0 Å². The molecule has 2 aromatic heterocycles. The monoisotopic (exact) mass is 490 g/mol. The molecule has 1 unspecified atom stereocenters. The van der Waals surface area contributed by atoms with Gasteiger partial charge in [0.25, 0.3) is 0 Å². The minimum atomic E-state index is -1.28. The van der Waals surface area contributed by atoms with Crippen molar-refractivity contribution in [3.8, 4) is 21.8 Å². The number of likely N-dealkylation sites (tertiary alicyclic amines) is 1. The third-order valence-corrected chi connectivity index (χ3v) is 7.42. The van der Waals surface area contributed by atoms with Gasteiger partial charge in [-0.05, 0) is 38.0 Å². The minimum Gasteiger partial charge on any atom is -0.450 e. The van der Waals surface area contributed by atoms with Crippen LogP contribution in [-0.2, 0) is 15.5 Å². The fraction of sp³-hybridized carbons (Fsp3) is 0.364. The summed E-state index contributed by atoms with van der Waals surface area (Å²) in [6.45, 7) is 3.46. The largest absolute Gasteiger partial charge is 0.450 e. The number of halogens is 1. The molecule has 0 saturated carbocycles. The lowest BCUT2D eigenvalue weighted by molar-refractivity contribution is 0.0970. The number of ether oxygens (including phenoxy) is 1. The predicted octanol–water partition coefficient (Wildman–Crippen LogP) is 4.99. The van der Waals surface area contributed by atoms with Gasteiger partial charge in [-0.25, -0.2) is 19.7 Å². The molecule has 4 rings (SSSR count). The quantitative estimate of drug-likeness (QED) is 0.468. The summed E-state index contributed by atoms with van der Waals surface area (Å²) in [6.07, 6.45) is 4.56. The van der Waals surface area contributed by atoms with Crippen LogP contribution in [0.25, 0.3) is 21.8 Å². The van der Waals surface area contributed by atoms with Crippen molar-refractivity contribution in [3.05, 3.63) is 46.6 Å². The lowest BCUT2D eigenvalue weighted by atomic mass is 9.98. The lowest BCUT2D eigenvalue weighted by Gasteiger charge is -2.30. The number of piperidine rings is 1. The molecule has 10 heteroatoms. The molecule has 0 spiro atoms. The van der Waals surface area contributed by atoms with E-state index in [-0.39, 0.29) is 17.2 Å². The fourth-order valence-corrected chi connectivity index (χ4v) is 5.50. The Balaban J connectivity index is 1.68. The number of thiazole rings is 1. The molecule has 1 aliphatic heterocycles. The molecule has 0 bridgehead atoms. The Morgan fingerprint density at radius 2 is 2.06 bits per heavy atom. The van der Waals surface area contributed by atoms with E-state index in [9.17, 15) is 9.00 Å². The van der Waals surface area contributed by atoms with Gasteiger partial charge in [0.05, 0.1) is 38.7 Å². The van der Waals surface area contributed by atoms with Crippen molar-refractivity contribution < 1.29 is 13.7 Å². The van der Waals surface area contributed by atoms with Crippen LogP contribution in [0, 0.1) is 0 Å². The van der Waals surface area contributed by atoms with Crippen molar-refractivity contribution in [1.29, 1.82) is 0 Å². The highest BCUT2D eigenvalue weighted by Gasteiger charge is 2.28. The molecule has 1 amide bonds. The first-order valence-electron chi connectivity index (χ1n) is 10.3. The van der Waals surface area contributed by atoms with Crippen LogP contribution in [0.1, 0.15) is 30.7 Å². The van der Waals surface area contributed by atoms with Crippen molar-refractivity contribution >= 4 is 39.8 Å². The number of carbonyl (C=O) groups is 1. The SMILES string of the molecule is CCOC(=O)N1CCC(c2nc(-c3cccc(Cl)c3)c(-c3ccnc(S(C)=O)n3)s2)CC1. The maximum atomic E-state index is 12.0. The second-order valence-corrected chi connectivity index (χ2v) is 10.1. The maximum absolute atomic E-state index is 12.0. The number of nitrogens with zero attached hydrogens (tertiary/aromatic N) is 4. The van der Waals surface area contributed by atoms with Crippen LogP contribution in [0.3, 0.4) is 0 Å². The molecule has 3 aromatic rings. The average molecular weight is 491 g/mol. The van der Waals surface area contributed by atoms with E-state index in [1.54, 1.807) is 28.7 Å². The molecule has 1 saturated heterocycles. The molecule has 0 radical (unpaired) electrons. The molecular weight excluding hydrogens is 468 g/mol. The Labute approximate surface area is 198 Å². The summed E-state index contributed by atoms with van der Waals surface area (Å²) < 4.78 is 17.1. The number of rotatable bonds is 5. The first-order chi connectivity index (χ1) is 15.5. The second kappa shape index (κ2) is 10.1. The molecule has 1 aromatic carbocycles. The number of hydrogen-bond donors (Lipinski definition) is 0. The fourth-order valence-electron chi connectivity index (χ4n) is 3.65. The zero-order chi connectivity index (χ0) is 22.7. The average Bonchev–Trinajstić information content (AvgIpc) is 3.25. The van der Waals surface area contributed by atoms with Gasteiger partial charge >= 0.3 is 6.09 Å². The molecule has 1 aliphatic rings. The first kappa shape index (κ1) is 22.8. The summed E-state index contributed by atoms with van der Waals surface area (Å²) in [5.41, 5.74) is 2.39. The van der Waals surface area contributed by atoms with E-state index in [2.05, 4.69) is 9.97 Å². The highest BCUT2D eigenvalue weighted by molar-refractivity contribution is 7.84. The van der Waals surface area contributed by atoms with Gasteiger partial charge in [-0.2, -0.15) is 0 Å². The molecule has 3 heterocycles. The van der Waals surface area contributed by atoms with Gasteiger partial charge in [0.15, 0.2) is 0 Å². The van der Waals surface area contributed by atoms with Gasteiger partial charge in [0.2, 0.25) is 5.16 Å². The van der Waals surface area contributed by atoms with E-state index in [0.29, 0.717) is 30.4 Å². The van der Waals surface area contributed by atoms with Gasteiger partial charge in [0.1, 0.15) is 0 Å². The first-order valence-corrected chi connectivity index (χ1v) is 13.1. The summed E-state index contributed by atoms with van der Waals surface area (Å²) >= 11 is 7.83.